The number of carbonyl (C=O) groups excluding carboxylic acids is 1. The van der Waals surface area contributed by atoms with Gasteiger partial charge in [-0.3, -0.25) is 4.79 Å². The molecule has 168 valence electrons. The molecule has 1 aliphatic rings. The van der Waals surface area contributed by atoms with Gasteiger partial charge in [0.2, 0.25) is 10.0 Å². The Morgan fingerprint density at radius 2 is 1.77 bits per heavy atom. The van der Waals surface area contributed by atoms with Crippen LogP contribution in [0.5, 0.6) is 17.2 Å². The highest BCUT2D eigenvalue weighted by Gasteiger charge is 2.26. The maximum atomic E-state index is 12.7. The van der Waals surface area contributed by atoms with Crippen LogP contribution in [0.2, 0.25) is 0 Å². The summed E-state index contributed by atoms with van der Waals surface area (Å²) in [7, 11) is 1.23. The average Bonchev–Trinajstić information content (AvgIpc) is 2.80. The second-order valence-corrected chi connectivity index (χ2v) is 9.30. The number of benzene rings is 2. The average molecular weight is 449 g/mol. The summed E-state index contributed by atoms with van der Waals surface area (Å²) in [6.45, 7) is 1.06. The minimum atomic E-state index is -3.41. The molecule has 2 aromatic rings. The molecular formula is C22H28N2O6S. The summed E-state index contributed by atoms with van der Waals surface area (Å²) >= 11 is 0. The van der Waals surface area contributed by atoms with Gasteiger partial charge in [0, 0.05) is 25.2 Å². The van der Waals surface area contributed by atoms with E-state index >= 15 is 0 Å². The molecule has 9 heteroatoms. The monoisotopic (exact) mass is 448 g/mol. The first-order valence-corrected chi connectivity index (χ1v) is 11.6. The summed E-state index contributed by atoms with van der Waals surface area (Å²) < 4.78 is 42.6. The predicted molar refractivity (Wildman–Crippen MR) is 117 cm³/mol. The van der Waals surface area contributed by atoms with Crippen LogP contribution in [-0.4, -0.2) is 58.8 Å². The van der Waals surface area contributed by atoms with Crippen LogP contribution in [0.4, 0.5) is 0 Å². The Morgan fingerprint density at radius 3 is 2.48 bits per heavy atom. The molecule has 1 heterocycles. The lowest BCUT2D eigenvalue weighted by atomic mass is 10.0. The SMILES string of the molecule is COc1ccc2c(c1)CCN(S(=O)(=O)CCCNC(=O)c1ccc(OC)c(OC)c1)C2. The number of methoxy groups -OCH3 is 3. The molecule has 1 N–H and O–H groups in total. The van der Waals surface area contributed by atoms with Gasteiger partial charge in [0.1, 0.15) is 5.75 Å². The van der Waals surface area contributed by atoms with Crippen LogP contribution in [0.15, 0.2) is 36.4 Å². The molecule has 0 spiro atoms. The summed E-state index contributed by atoms with van der Waals surface area (Å²) in [5.41, 5.74) is 2.54. The van der Waals surface area contributed by atoms with Crippen molar-refractivity contribution in [3.63, 3.8) is 0 Å². The van der Waals surface area contributed by atoms with Gasteiger partial charge in [-0.05, 0) is 54.3 Å². The van der Waals surface area contributed by atoms with Crippen LogP contribution < -0.4 is 19.5 Å². The number of ether oxygens (including phenoxy) is 3. The molecule has 8 nitrogen and oxygen atoms in total. The summed E-state index contributed by atoms with van der Waals surface area (Å²) in [6.07, 6.45) is 0.981. The summed E-state index contributed by atoms with van der Waals surface area (Å²) in [4.78, 5) is 12.4. The zero-order valence-corrected chi connectivity index (χ0v) is 18.8. The number of hydrogen-bond acceptors (Lipinski definition) is 6. The van der Waals surface area contributed by atoms with Crippen molar-refractivity contribution in [2.45, 2.75) is 19.4 Å². The zero-order chi connectivity index (χ0) is 22.4. The third kappa shape index (κ3) is 5.48. The molecule has 0 aliphatic carbocycles. The first-order chi connectivity index (χ1) is 14.9. The largest absolute Gasteiger partial charge is 0.497 e. The van der Waals surface area contributed by atoms with Crippen LogP contribution in [0, 0.1) is 0 Å². The number of rotatable bonds is 9. The van der Waals surface area contributed by atoms with Crippen molar-refractivity contribution in [3.8, 4) is 17.2 Å². The van der Waals surface area contributed by atoms with Crippen molar-refractivity contribution in [1.29, 1.82) is 0 Å². The Hall–Kier alpha value is -2.78. The third-order valence-electron chi connectivity index (χ3n) is 5.29. The lowest BCUT2D eigenvalue weighted by Crippen LogP contribution is -2.38. The molecule has 0 saturated heterocycles. The molecule has 0 saturated carbocycles. The Balaban J connectivity index is 1.51. The minimum Gasteiger partial charge on any atom is -0.497 e. The molecule has 0 aromatic heterocycles. The smallest absolute Gasteiger partial charge is 0.251 e. The number of hydrogen-bond donors (Lipinski definition) is 1. The van der Waals surface area contributed by atoms with E-state index in [1.807, 2.05) is 18.2 Å². The van der Waals surface area contributed by atoms with Crippen molar-refractivity contribution in [1.82, 2.24) is 9.62 Å². The van der Waals surface area contributed by atoms with Crippen molar-refractivity contribution < 1.29 is 27.4 Å². The van der Waals surface area contributed by atoms with E-state index in [4.69, 9.17) is 14.2 Å². The summed E-state index contributed by atoms with van der Waals surface area (Å²) in [6, 6.07) is 10.6. The van der Waals surface area contributed by atoms with Crippen molar-refractivity contribution in [2.24, 2.45) is 0 Å². The van der Waals surface area contributed by atoms with Gasteiger partial charge in [-0.2, -0.15) is 4.31 Å². The van der Waals surface area contributed by atoms with Crippen LogP contribution >= 0.6 is 0 Å². The number of nitrogens with one attached hydrogen (secondary N) is 1. The highest BCUT2D eigenvalue weighted by atomic mass is 32.2. The maximum absolute atomic E-state index is 12.7. The fraction of sp³-hybridized carbons (Fsp3) is 0.409. The van der Waals surface area contributed by atoms with E-state index in [1.165, 1.54) is 18.5 Å². The third-order valence-corrected chi connectivity index (χ3v) is 7.20. The van der Waals surface area contributed by atoms with E-state index < -0.39 is 10.0 Å². The van der Waals surface area contributed by atoms with Gasteiger partial charge in [0.25, 0.3) is 5.91 Å². The zero-order valence-electron chi connectivity index (χ0n) is 18.0. The second-order valence-electron chi connectivity index (χ2n) is 7.21. The first kappa shape index (κ1) is 22.9. The minimum absolute atomic E-state index is 0.0231. The quantitative estimate of drug-likeness (QED) is 0.591. The molecule has 1 amide bonds. The molecule has 0 bridgehead atoms. The highest BCUT2D eigenvalue weighted by molar-refractivity contribution is 7.89. The lowest BCUT2D eigenvalue weighted by Gasteiger charge is -2.28. The van der Waals surface area contributed by atoms with Crippen LogP contribution in [-0.2, 0) is 23.0 Å². The molecule has 0 atom stereocenters. The van der Waals surface area contributed by atoms with E-state index in [1.54, 1.807) is 25.3 Å². The predicted octanol–water partition coefficient (Wildman–Crippen LogP) is 2.22. The van der Waals surface area contributed by atoms with Crippen LogP contribution in [0.3, 0.4) is 0 Å². The fourth-order valence-electron chi connectivity index (χ4n) is 3.53. The summed E-state index contributed by atoms with van der Waals surface area (Å²) in [5, 5.41) is 2.76. The van der Waals surface area contributed by atoms with Gasteiger partial charge in [-0.25, -0.2) is 8.42 Å². The van der Waals surface area contributed by atoms with Crippen molar-refractivity contribution in [2.75, 3.05) is 40.2 Å². The van der Waals surface area contributed by atoms with E-state index in [2.05, 4.69) is 5.32 Å². The Labute approximate surface area is 183 Å². The van der Waals surface area contributed by atoms with Crippen molar-refractivity contribution >= 4 is 15.9 Å². The number of carbonyl (C=O) groups is 1. The Kier molecular flexibility index (Phi) is 7.40. The van der Waals surface area contributed by atoms with E-state index in [0.29, 0.717) is 43.0 Å². The van der Waals surface area contributed by atoms with Gasteiger partial charge >= 0.3 is 0 Å². The Morgan fingerprint density at radius 1 is 1.00 bits per heavy atom. The molecule has 0 fully saturated rings. The second kappa shape index (κ2) is 10.0. The molecule has 0 unspecified atom stereocenters. The summed E-state index contributed by atoms with van der Waals surface area (Å²) in [5.74, 6) is 1.46. The molecule has 31 heavy (non-hydrogen) atoms. The number of amides is 1. The van der Waals surface area contributed by atoms with E-state index in [-0.39, 0.29) is 18.2 Å². The van der Waals surface area contributed by atoms with Crippen LogP contribution in [0.25, 0.3) is 0 Å². The maximum Gasteiger partial charge on any atom is 0.251 e. The number of nitrogens with zero attached hydrogens (tertiary/aromatic N) is 1. The van der Waals surface area contributed by atoms with E-state index in [9.17, 15) is 13.2 Å². The molecule has 2 aromatic carbocycles. The fourth-order valence-corrected chi connectivity index (χ4v) is 5.01. The van der Waals surface area contributed by atoms with Gasteiger partial charge in [-0.15, -0.1) is 0 Å². The van der Waals surface area contributed by atoms with Gasteiger partial charge in [0.05, 0.1) is 27.1 Å². The van der Waals surface area contributed by atoms with E-state index in [0.717, 1.165) is 16.9 Å². The number of sulfonamides is 1. The van der Waals surface area contributed by atoms with Gasteiger partial charge < -0.3 is 19.5 Å². The topological polar surface area (TPSA) is 94.2 Å². The standard InChI is InChI=1S/C22H28N2O6S/c1-28-19-7-5-18-15-24(11-9-16(18)13-19)31(26,27)12-4-10-23-22(25)17-6-8-20(29-2)21(14-17)30-3/h5-8,13-14H,4,9-12,15H2,1-3H3,(H,23,25). The highest BCUT2D eigenvalue weighted by Crippen LogP contribution is 2.28. The molecular weight excluding hydrogens is 420 g/mol. The normalized spacial score (nSPS) is 13.9. The molecule has 0 radical (unpaired) electrons. The Bertz CT molecular complexity index is 1040. The first-order valence-electron chi connectivity index (χ1n) is 10.0. The molecule has 3 rings (SSSR count). The number of fused-ring (bicyclic) bond motifs is 1. The molecule has 1 aliphatic heterocycles. The van der Waals surface area contributed by atoms with Crippen LogP contribution in [0.1, 0.15) is 27.9 Å². The lowest BCUT2D eigenvalue weighted by molar-refractivity contribution is 0.0953. The van der Waals surface area contributed by atoms with Gasteiger partial charge in [-0.1, -0.05) is 6.07 Å². The van der Waals surface area contributed by atoms with Crippen molar-refractivity contribution in [3.05, 3.63) is 53.1 Å². The van der Waals surface area contributed by atoms with Gasteiger partial charge in [0.15, 0.2) is 11.5 Å².